The molecule has 5 amide bonds. The van der Waals surface area contributed by atoms with Gasteiger partial charge in [-0.25, -0.2) is 4.79 Å². The summed E-state index contributed by atoms with van der Waals surface area (Å²) in [4.78, 5) is 53.4. The highest BCUT2D eigenvalue weighted by Crippen LogP contribution is 2.29. The molecule has 0 radical (unpaired) electrons. The molecule has 9 nitrogen and oxygen atoms in total. The van der Waals surface area contributed by atoms with Crippen LogP contribution in [0.25, 0.3) is 0 Å². The number of hydrogen-bond acceptors (Lipinski definition) is 5. The normalized spacial score (nSPS) is 21.3. The maximum absolute atomic E-state index is 13.1. The van der Waals surface area contributed by atoms with Crippen LogP contribution in [0.1, 0.15) is 47.0 Å². The highest BCUT2D eigenvalue weighted by atomic mass is 16.3. The third-order valence-corrected chi connectivity index (χ3v) is 6.45. The second-order valence-corrected chi connectivity index (χ2v) is 8.87. The summed E-state index contributed by atoms with van der Waals surface area (Å²) < 4.78 is 5.22. The van der Waals surface area contributed by atoms with Gasteiger partial charge in [0.2, 0.25) is 5.91 Å². The van der Waals surface area contributed by atoms with Crippen molar-refractivity contribution in [2.75, 3.05) is 19.6 Å². The lowest BCUT2D eigenvalue weighted by atomic mass is 9.91. The van der Waals surface area contributed by atoms with Crippen LogP contribution < -0.4 is 10.6 Å². The lowest BCUT2D eigenvalue weighted by Gasteiger charge is -2.33. The van der Waals surface area contributed by atoms with E-state index in [4.69, 9.17) is 4.42 Å². The number of hydrogen-bond donors (Lipinski definition) is 2. The number of likely N-dealkylation sites (tertiary alicyclic amines) is 1. The van der Waals surface area contributed by atoms with Crippen LogP contribution in [-0.2, 0) is 15.1 Å². The van der Waals surface area contributed by atoms with Crippen molar-refractivity contribution in [3.8, 4) is 0 Å². The zero-order chi connectivity index (χ0) is 23.8. The summed E-state index contributed by atoms with van der Waals surface area (Å²) in [6.07, 6.45) is 2.64. The van der Waals surface area contributed by atoms with Gasteiger partial charge in [0.05, 0.1) is 6.26 Å². The quantitative estimate of drug-likeness (QED) is 0.675. The SMILES string of the molecule is Cc1ccc(C2(C)NC(=O)N(CC(=O)N3CCC(NC(=O)c4occc4C)CC3)C2=O)cc1. The molecule has 0 saturated carbocycles. The van der Waals surface area contributed by atoms with Gasteiger partial charge in [-0.2, -0.15) is 0 Å². The molecule has 3 heterocycles. The van der Waals surface area contributed by atoms with Crippen LogP contribution in [0.5, 0.6) is 0 Å². The predicted molar refractivity (Wildman–Crippen MR) is 119 cm³/mol. The minimum atomic E-state index is -1.20. The van der Waals surface area contributed by atoms with Crippen molar-refractivity contribution in [1.82, 2.24) is 20.4 Å². The molecule has 2 saturated heterocycles. The molecular weight excluding hydrogens is 424 g/mol. The molecule has 1 unspecified atom stereocenters. The van der Waals surface area contributed by atoms with Crippen LogP contribution in [-0.4, -0.2) is 59.2 Å². The zero-order valence-corrected chi connectivity index (χ0v) is 19.0. The number of benzene rings is 1. The molecule has 2 fully saturated rings. The van der Waals surface area contributed by atoms with Crippen molar-refractivity contribution in [2.24, 2.45) is 0 Å². The molecule has 33 heavy (non-hydrogen) atoms. The molecule has 0 spiro atoms. The summed E-state index contributed by atoms with van der Waals surface area (Å²) >= 11 is 0. The van der Waals surface area contributed by atoms with E-state index in [0.717, 1.165) is 16.0 Å². The summed E-state index contributed by atoms with van der Waals surface area (Å²) in [6.45, 7) is 5.95. The first-order chi connectivity index (χ1) is 15.7. The summed E-state index contributed by atoms with van der Waals surface area (Å²) in [6, 6.07) is 8.45. The Bertz CT molecular complexity index is 1080. The second-order valence-electron chi connectivity index (χ2n) is 8.87. The number of rotatable bonds is 5. The van der Waals surface area contributed by atoms with E-state index in [2.05, 4.69) is 10.6 Å². The van der Waals surface area contributed by atoms with Gasteiger partial charge < -0.3 is 20.0 Å². The van der Waals surface area contributed by atoms with Crippen LogP contribution in [0.3, 0.4) is 0 Å². The topological polar surface area (TPSA) is 112 Å². The average molecular weight is 453 g/mol. The maximum atomic E-state index is 13.1. The van der Waals surface area contributed by atoms with Crippen molar-refractivity contribution in [2.45, 2.75) is 45.2 Å². The number of nitrogens with zero attached hydrogens (tertiary/aromatic N) is 2. The highest BCUT2D eigenvalue weighted by Gasteiger charge is 2.49. The van der Waals surface area contributed by atoms with E-state index in [1.165, 1.54) is 6.26 Å². The number of carbonyl (C=O) groups is 4. The molecular formula is C24H28N4O5. The standard InChI is InChI=1S/C24H28N4O5/c1-15-4-6-17(7-5-15)24(3)22(31)28(23(32)26-24)14-19(29)27-11-8-18(9-12-27)25-21(30)20-16(2)10-13-33-20/h4-7,10,13,18H,8-9,11-12,14H2,1-3H3,(H,25,30)(H,26,32). The first kappa shape index (κ1) is 22.6. The lowest BCUT2D eigenvalue weighted by Crippen LogP contribution is -2.50. The number of nitrogens with one attached hydrogen (secondary N) is 2. The molecule has 2 aliphatic rings. The van der Waals surface area contributed by atoms with Gasteiger partial charge in [0, 0.05) is 24.7 Å². The molecule has 0 bridgehead atoms. The highest BCUT2D eigenvalue weighted by molar-refractivity contribution is 6.09. The fourth-order valence-electron chi connectivity index (χ4n) is 4.29. The van der Waals surface area contributed by atoms with E-state index < -0.39 is 17.5 Å². The average Bonchev–Trinajstić information content (AvgIpc) is 3.31. The number of carbonyl (C=O) groups excluding carboxylic acids is 4. The molecule has 4 rings (SSSR count). The molecule has 2 aliphatic heterocycles. The summed E-state index contributed by atoms with van der Waals surface area (Å²) in [5, 5.41) is 5.67. The number of urea groups is 1. The molecule has 2 N–H and O–H groups in total. The van der Waals surface area contributed by atoms with Gasteiger partial charge in [-0.1, -0.05) is 29.8 Å². The van der Waals surface area contributed by atoms with E-state index in [-0.39, 0.29) is 24.4 Å². The van der Waals surface area contributed by atoms with Crippen LogP contribution in [0.4, 0.5) is 4.79 Å². The van der Waals surface area contributed by atoms with Gasteiger partial charge in [0.1, 0.15) is 12.1 Å². The van der Waals surface area contributed by atoms with Crippen LogP contribution in [0.2, 0.25) is 0 Å². The Morgan fingerprint density at radius 2 is 1.79 bits per heavy atom. The zero-order valence-electron chi connectivity index (χ0n) is 19.0. The van der Waals surface area contributed by atoms with Crippen molar-refractivity contribution in [3.63, 3.8) is 0 Å². The third-order valence-electron chi connectivity index (χ3n) is 6.45. The first-order valence-corrected chi connectivity index (χ1v) is 11.0. The van der Waals surface area contributed by atoms with Gasteiger partial charge in [-0.15, -0.1) is 0 Å². The smallest absolute Gasteiger partial charge is 0.325 e. The maximum Gasteiger partial charge on any atom is 0.325 e. The van der Waals surface area contributed by atoms with E-state index in [1.807, 2.05) is 31.2 Å². The fraction of sp³-hybridized carbons (Fsp3) is 0.417. The van der Waals surface area contributed by atoms with Crippen molar-refractivity contribution < 1.29 is 23.6 Å². The Morgan fingerprint density at radius 3 is 2.39 bits per heavy atom. The van der Waals surface area contributed by atoms with E-state index in [0.29, 0.717) is 37.3 Å². The molecule has 174 valence electrons. The van der Waals surface area contributed by atoms with Crippen molar-refractivity contribution >= 4 is 23.8 Å². The Hall–Kier alpha value is -3.62. The Labute approximate surface area is 192 Å². The van der Waals surface area contributed by atoms with Gasteiger partial charge in [-0.05, 0) is 45.2 Å². The minimum Gasteiger partial charge on any atom is -0.459 e. The number of aryl methyl sites for hydroxylation is 2. The Kier molecular flexibility index (Phi) is 5.97. The molecule has 2 aromatic rings. The minimum absolute atomic E-state index is 0.0763. The number of amides is 5. The summed E-state index contributed by atoms with van der Waals surface area (Å²) in [7, 11) is 0. The van der Waals surface area contributed by atoms with E-state index in [9.17, 15) is 19.2 Å². The van der Waals surface area contributed by atoms with Crippen LogP contribution in [0, 0.1) is 13.8 Å². The summed E-state index contributed by atoms with van der Waals surface area (Å²) in [5.41, 5.74) is 1.29. The monoisotopic (exact) mass is 452 g/mol. The van der Waals surface area contributed by atoms with E-state index in [1.54, 1.807) is 24.8 Å². The molecule has 1 aromatic carbocycles. The predicted octanol–water partition coefficient (Wildman–Crippen LogP) is 2.08. The summed E-state index contributed by atoms with van der Waals surface area (Å²) in [5.74, 6) is -0.709. The van der Waals surface area contributed by atoms with Crippen molar-refractivity contribution in [3.05, 3.63) is 59.0 Å². The van der Waals surface area contributed by atoms with Crippen LogP contribution in [0.15, 0.2) is 41.0 Å². The molecule has 9 heteroatoms. The van der Waals surface area contributed by atoms with Gasteiger partial charge in [0.15, 0.2) is 5.76 Å². The molecule has 0 aliphatic carbocycles. The van der Waals surface area contributed by atoms with Gasteiger partial charge in [0.25, 0.3) is 11.8 Å². The lowest BCUT2D eigenvalue weighted by molar-refractivity contribution is -0.139. The number of imide groups is 1. The Morgan fingerprint density at radius 1 is 1.12 bits per heavy atom. The first-order valence-electron chi connectivity index (χ1n) is 11.0. The largest absolute Gasteiger partial charge is 0.459 e. The second kappa shape index (κ2) is 8.73. The number of furan rings is 1. The van der Waals surface area contributed by atoms with E-state index >= 15 is 0 Å². The van der Waals surface area contributed by atoms with Crippen molar-refractivity contribution in [1.29, 1.82) is 0 Å². The molecule has 1 aromatic heterocycles. The van der Waals surface area contributed by atoms with Crippen LogP contribution >= 0.6 is 0 Å². The third kappa shape index (κ3) is 4.35. The van der Waals surface area contributed by atoms with Gasteiger partial charge in [-0.3, -0.25) is 19.3 Å². The Balaban J connectivity index is 1.33. The fourth-order valence-corrected chi connectivity index (χ4v) is 4.29. The number of piperidine rings is 1. The van der Waals surface area contributed by atoms with Gasteiger partial charge >= 0.3 is 6.03 Å². The molecule has 1 atom stereocenters.